The monoisotopic (exact) mass is 283 g/mol. The topological polar surface area (TPSA) is 35.2 Å². The lowest BCUT2D eigenvalue weighted by Crippen LogP contribution is -2.12. The van der Waals surface area contributed by atoms with Gasteiger partial charge in [-0.3, -0.25) is 0 Å². The van der Waals surface area contributed by atoms with Gasteiger partial charge in [0.2, 0.25) is 0 Å². The predicted octanol–water partition coefficient (Wildman–Crippen LogP) is 5.19. The highest BCUT2D eigenvalue weighted by Crippen LogP contribution is 2.34. The van der Waals surface area contributed by atoms with Gasteiger partial charge in [-0.15, -0.1) is 0 Å². The SMILES string of the molecule is CCC(N)c1cccc(Oc2ccccc2C(C)(C)C)c1. The molecule has 0 saturated carbocycles. The van der Waals surface area contributed by atoms with E-state index in [4.69, 9.17) is 10.5 Å². The van der Waals surface area contributed by atoms with E-state index < -0.39 is 0 Å². The summed E-state index contributed by atoms with van der Waals surface area (Å²) in [5.74, 6) is 1.75. The fourth-order valence-electron chi connectivity index (χ4n) is 2.35. The summed E-state index contributed by atoms with van der Waals surface area (Å²) in [5, 5.41) is 0. The third-order valence-corrected chi connectivity index (χ3v) is 3.65. The van der Waals surface area contributed by atoms with E-state index in [1.165, 1.54) is 5.56 Å². The van der Waals surface area contributed by atoms with Crippen LogP contribution in [0.5, 0.6) is 11.5 Å². The fourth-order valence-corrected chi connectivity index (χ4v) is 2.35. The van der Waals surface area contributed by atoms with Crippen LogP contribution in [-0.4, -0.2) is 0 Å². The molecule has 0 amide bonds. The Labute approximate surface area is 127 Å². The molecule has 21 heavy (non-hydrogen) atoms. The van der Waals surface area contributed by atoms with Crippen LogP contribution >= 0.6 is 0 Å². The molecule has 0 aliphatic carbocycles. The summed E-state index contributed by atoms with van der Waals surface area (Å²) in [6.45, 7) is 8.67. The molecule has 0 bridgehead atoms. The second-order valence-electron chi connectivity index (χ2n) is 6.44. The van der Waals surface area contributed by atoms with Gasteiger partial charge in [0.05, 0.1) is 0 Å². The van der Waals surface area contributed by atoms with Crippen molar-refractivity contribution >= 4 is 0 Å². The van der Waals surface area contributed by atoms with Crippen LogP contribution in [0.3, 0.4) is 0 Å². The highest BCUT2D eigenvalue weighted by molar-refractivity contribution is 5.42. The van der Waals surface area contributed by atoms with Crippen LogP contribution in [-0.2, 0) is 5.41 Å². The van der Waals surface area contributed by atoms with Crippen LogP contribution in [0.1, 0.15) is 51.3 Å². The average molecular weight is 283 g/mol. The first-order chi connectivity index (χ1) is 9.91. The standard InChI is InChI=1S/C19H25NO/c1-5-17(20)14-9-8-10-15(13-14)21-18-12-7-6-11-16(18)19(2,3)4/h6-13,17H,5,20H2,1-4H3. The molecule has 0 saturated heterocycles. The highest BCUT2D eigenvalue weighted by Gasteiger charge is 2.18. The highest BCUT2D eigenvalue weighted by atomic mass is 16.5. The summed E-state index contributed by atoms with van der Waals surface area (Å²) in [4.78, 5) is 0. The Morgan fingerprint density at radius 2 is 1.76 bits per heavy atom. The van der Waals surface area contributed by atoms with Crippen molar-refractivity contribution in [1.29, 1.82) is 0 Å². The summed E-state index contributed by atoms with van der Waals surface area (Å²) in [6, 6.07) is 16.3. The van der Waals surface area contributed by atoms with Crippen molar-refractivity contribution in [3.8, 4) is 11.5 Å². The molecule has 2 aromatic carbocycles. The number of ether oxygens (including phenoxy) is 1. The van der Waals surface area contributed by atoms with Crippen molar-refractivity contribution in [2.45, 2.75) is 45.6 Å². The summed E-state index contributed by atoms with van der Waals surface area (Å²) >= 11 is 0. The molecular formula is C19H25NO. The van der Waals surface area contributed by atoms with Crippen LogP contribution in [0.25, 0.3) is 0 Å². The molecule has 2 aromatic rings. The Morgan fingerprint density at radius 3 is 2.43 bits per heavy atom. The van der Waals surface area contributed by atoms with Gasteiger partial charge >= 0.3 is 0 Å². The molecule has 0 radical (unpaired) electrons. The molecular weight excluding hydrogens is 258 g/mol. The largest absolute Gasteiger partial charge is 0.457 e. The molecule has 2 nitrogen and oxygen atoms in total. The summed E-state index contributed by atoms with van der Waals surface area (Å²) in [5.41, 5.74) is 8.47. The van der Waals surface area contributed by atoms with Gasteiger partial charge in [0.15, 0.2) is 0 Å². The minimum absolute atomic E-state index is 0.0496. The maximum atomic E-state index is 6.12. The van der Waals surface area contributed by atoms with E-state index in [9.17, 15) is 0 Å². The second-order valence-corrected chi connectivity index (χ2v) is 6.44. The number of para-hydroxylation sites is 1. The first-order valence-electron chi connectivity index (χ1n) is 7.54. The fraction of sp³-hybridized carbons (Fsp3) is 0.368. The minimum Gasteiger partial charge on any atom is -0.457 e. The van der Waals surface area contributed by atoms with Crippen LogP contribution < -0.4 is 10.5 Å². The van der Waals surface area contributed by atoms with Crippen molar-refractivity contribution in [2.75, 3.05) is 0 Å². The molecule has 2 heteroatoms. The Balaban J connectivity index is 2.31. The van der Waals surface area contributed by atoms with Crippen molar-refractivity contribution < 1.29 is 4.74 Å². The molecule has 0 aliphatic rings. The van der Waals surface area contributed by atoms with Gasteiger partial charge in [-0.05, 0) is 35.6 Å². The van der Waals surface area contributed by atoms with Crippen molar-refractivity contribution in [1.82, 2.24) is 0 Å². The molecule has 1 unspecified atom stereocenters. The summed E-state index contributed by atoms with van der Waals surface area (Å²) in [6.07, 6.45) is 0.919. The third-order valence-electron chi connectivity index (χ3n) is 3.65. The number of hydrogen-bond donors (Lipinski definition) is 1. The number of benzene rings is 2. The lowest BCUT2D eigenvalue weighted by molar-refractivity contribution is 0.454. The zero-order chi connectivity index (χ0) is 15.5. The molecule has 2 rings (SSSR count). The lowest BCUT2D eigenvalue weighted by Gasteiger charge is -2.22. The van der Waals surface area contributed by atoms with Crippen LogP contribution in [0.15, 0.2) is 48.5 Å². The zero-order valence-corrected chi connectivity index (χ0v) is 13.4. The number of rotatable bonds is 4. The molecule has 0 heterocycles. The molecule has 1 atom stereocenters. The van der Waals surface area contributed by atoms with Gasteiger partial charge in [0, 0.05) is 11.6 Å². The quantitative estimate of drug-likeness (QED) is 0.838. The Kier molecular flexibility index (Phi) is 4.69. The summed E-state index contributed by atoms with van der Waals surface area (Å²) < 4.78 is 6.12. The smallest absolute Gasteiger partial charge is 0.131 e. The summed E-state index contributed by atoms with van der Waals surface area (Å²) in [7, 11) is 0. The van der Waals surface area contributed by atoms with Gasteiger partial charge < -0.3 is 10.5 Å². The first kappa shape index (κ1) is 15.6. The van der Waals surface area contributed by atoms with E-state index >= 15 is 0 Å². The Bertz CT molecular complexity index is 599. The molecule has 0 fully saturated rings. The zero-order valence-electron chi connectivity index (χ0n) is 13.4. The normalized spacial score (nSPS) is 13.0. The van der Waals surface area contributed by atoms with Gasteiger partial charge in [-0.25, -0.2) is 0 Å². The second kappa shape index (κ2) is 6.31. The van der Waals surface area contributed by atoms with Crippen molar-refractivity contribution in [3.05, 3.63) is 59.7 Å². The molecule has 112 valence electrons. The number of hydrogen-bond acceptors (Lipinski definition) is 2. The van der Waals surface area contributed by atoms with Gasteiger partial charge in [-0.1, -0.05) is 58.0 Å². The predicted molar refractivity (Wildman–Crippen MR) is 88.9 cm³/mol. The maximum Gasteiger partial charge on any atom is 0.131 e. The van der Waals surface area contributed by atoms with Crippen molar-refractivity contribution in [3.63, 3.8) is 0 Å². The Hall–Kier alpha value is -1.80. The molecule has 0 aromatic heterocycles. The average Bonchev–Trinajstić information content (AvgIpc) is 2.46. The van der Waals surface area contributed by atoms with E-state index in [-0.39, 0.29) is 11.5 Å². The van der Waals surface area contributed by atoms with E-state index in [0.717, 1.165) is 23.5 Å². The molecule has 2 N–H and O–H groups in total. The van der Waals surface area contributed by atoms with E-state index in [0.29, 0.717) is 0 Å². The van der Waals surface area contributed by atoms with E-state index in [1.54, 1.807) is 0 Å². The minimum atomic E-state index is 0.0496. The first-order valence-corrected chi connectivity index (χ1v) is 7.54. The van der Waals surface area contributed by atoms with Crippen LogP contribution in [0, 0.1) is 0 Å². The van der Waals surface area contributed by atoms with E-state index in [2.05, 4.69) is 45.9 Å². The van der Waals surface area contributed by atoms with Crippen LogP contribution in [0.4, 0.5) is 0 Å². The van der Waals surface area contributed by atoms with Gasteiger partial charge in [0.1, 0.15) is 11.5 Å². The van der Waals surface area contributed by atoms with E-state index in [1.807, 2.05) is 30.3 Å². The maximum absolute atomic E-state index is 6.12. The van der Waals surface area contributed by atoms with Gasteiger partial charge in [0.25, 0.3) is 0 Å². The molecule has 0 spiro atoms. The third kappa shape index (κ3) is 3.85. The molecule has 0 aliphatic heterocycles. The number of nitrogens with two attached hydrogens (primary N) is 1. The van der Waals surface area contributed by atoms with Crippen LogP contribution in [0.2, 0.25) is 0 Å². The van der Waals surface area contributed by atoms with Gasteiger partial charge in [-0.2, -0.15) is 0 Å². The lowest BCUT2D eigenvalue weighted by atomic mass is 9.86. The van der Waals surface area contributed by atoms with Crippen molar-refractivity contribution in [2.24, 2.45) is 5.73 Å². The Morgan fingerprint density at radius 1 is 1.05 bits per heavy atom.